The Balaban J connectivity index is 2.07. The predicted octanol–water partition coefficient (Wildman–Crippen LogP) is 4.40. The third-order valence-corrected chi connectivity index (χ3v) is 4.11. The number of para-hydroxylation sites is 1. The molecule has 1 heterocycles. The van der Waals surface area contributed by atoms with E-state index in [1.165, 1.54) is 0 Å². The van der Waals surface area contributed by atoms with Gasteiger partial charge in [0.05, 0.1) is 10.6 Å². The van der Waals surface area contributed by atoms with Crippen LogP contribution in [0.25, 0.3) is 22.8 Å². The Kier molecular flexibility index (Phi) is 3.46. The maximum Gasteiger partial charge on any atom is 0.259 e. The molecule has 0 saturated heterocycles. The predicted molar refractivity (Wildman–Crippen MR) is 82.3 cm³/mol. The number of halogens is 2. The van der Waals surface area contributed by atoms with Gasteiger partial charge in [0, 0.05) is 15.7 Å². The molecule has 20 heavy (non-hydrogen) atoms. The number of rotatable bonds is 2. The average Bonchev–Trinajstić information content (AvgIpc) is 2.92. The minimum absolute atomic E-state index is 0.356. The number of hydrogen-bond acceptors (Lipinski definition) is 4. The van der Waals surface area contributed by atoms with Crippen molar-refractivity contribution in [2.24, 2.45) is 0 Å². The lowest BCUT2D eigenvalue weighted by Gasteiger charge is -2.00. The highest BCUT2D eigenvalue weighted by Crippen LogP contribution is 2.34. The monoisotopic (exact) mass is 349 g/mol. The number of anilines is 1. The van der Waals surface area contributed by atoms with Gasteiger partial charge in [-0.2, -0.15) is 4.98 Å². The van der Waals surface area contributed by atoms with Crippen molar-refractivity contribution >= 4 is 33.2 Å². The topological polar surface area (TPSA) is 64.9 Å². The van der Waals surface area contributed by atoms with E-state index in [0.29, 0.717) is 28.0 Å². The van der Waals surface area contributed by atoms with Gasteiger partial charge >= 0.3 is 0 Å². The number of nitrogens with two attached hydrogens (primary N) is 1. The zero-order valence-electron chi connectivity index (χ0n) is 10.2. The molecule has 0 aliphatic heterocycles. The second-order valence-corrected chi connectivity index (χ2v) is 5.34. The average molecular weight is 351 g/mol. The Morgan fingerprint density at radius 3 is 2.60 bits per heavy atom. The van der Waals surface area contributed by atoms with Crippen molar-refractivity contribution in [3.8, 4) is 22.8 Å². The van der Waals surface area contributed by atoms with E-state index in [1.807, 2.05) is 36.4 Å². The Morgan fingerprint density at radius 1 is 1.05 bits per heavy atom. The van der Waals surface area contributed by atoms with E-state index in [1.54, 1.807) is 6.07 Å². The van der Waals surface area contributed by atoms with Crippen LogP contribution in [0.1, 0.15) is 0 Å². The lowest BCUT2D eigenvalue weighted by atomic mass is 10.1. The van der Waals surface area contributed by atoms with Crippen molar-refractivity contribution in [2.75, 3.05) is 5.73 Å². The molecule has 100 valence electrons. The van der Waals surface area contributed by atoms with Crippen LogP contribution in [-0.2, 0) is 0 Å². The first-order valence-electron chi connectivity index (χ1n) is 5.80. The Morgan fingerprint density at radius 2 is 1.80 bits per heavy atom. The summed E-state index contributed by atoms with van der Waals surface area (Å²) in [5, 5.41) is 4.49. The molecule has 0 bridgehead atoms. The van der Waals surface area contributed by atoms with Gasteiger partial charge < -0.3 is 10.3 Å². The summed E-state index contributed by atoms with van der Waals surface area (Å²) in [6, 6.07) is 12.9. The molecule has 0 spiro atoms. The van der Waals surface area contributed by atoms with Gasteiger partial charge in [-0.1, -0.05) is 35.0 Å². The van der Waals surface area contributed by atoms with Gasteiger partial charge in [-0.3, -0.25) is 0 Å². The Hall–Kier alpha value is -1.85. The van der Waals surface area contributed by atoms with Crippen LogP contribution < -0.4 is 5.73 Å². The highest BCUT2D eigenvalue weighted by atomic mass is 79.9. The van der Waals surface area contributed by atoms with E-state index in [4.69, 9.17) is 21.9 Å². The van der Waals surface area contributed by atoms with Crippen molar-refractivity contribution in [3.05, 3.63) is 52.0 Å². The first kappa shape index (κ1) is 13.1. The maximum absolute atomic E-state index is 6.21. The summed E-state index contributed by atoms with van der Waals surface area (Å²) in [5.74, 6) is 0.795. The summed E-state index contributed by atoms with van der Waals surface area (Å²) in [4.78, 5) is 4.35. The molecule has 6 heteroatoms. The molecule has 0 saturated carbocycles. The summed E-state index contributed by atoms with van der Waals surface area (Å²) >= 11 is 9.58. The van der Waals surface area contributed by atoms with Gasteiger partial charge in [-0.15, -0.1) is 0 Å². The van der Waals surface area contributed by atoms with E-state index < -0.39 is 0 Å². The van der Waals surface area contributed by atoms with E-state index in [-0.39, 0.29) is 0 Å². The SMILES string of the molecule is Nc1ccccc1-c1noc(-c2cccc(Br)c2Cl)n1. The Labute approximate surface area is 128 Å². The quantitative estimate of drug-likeness (QED) is 0.696. The first-order valence-corrected chi connectivity index (χ1v) is 6.97. The van der Waals surface area contributed by atoms with Crippen LogP contribution in [0.4, 0.5) is 5.69 Å². The standard InChI is InChI=1S/C14H9BrClN3O/c15-10-6-3-5-9(12(10)16)14-18-13(19-20-14)8-4-1-2-7-11(8)17/h1-7H,17H2. The number of aromatic nitrogens is 2. The fourth-order valence-electron chi connectivity index (χ4n) is 1.81. The molecular formula is C14H9BrClN3O. The van der Waals surface area contributed by atoms with Crippen LogP contribution >= 0.6 is 27.5 Å². The second-order valence-electron chi connectivity index (χ2n) is 4.11. The molecule has 0 aliphatic carbocycles. The minimum Gasteiger partial charge on any atom is -0.398 e. The third kappa shape index (κ3) is 2.30. The fraction of sp³-hybridized carbons (Fsp3) is 0. The molecular weight excluding hydrogens is 342 g/mol. The van der Waals surface area contributed by atoms with Gasteiger partial charge in [0.15, 0.2) is 0 Å². The van der Waals surface area contributed by atoms with Gasteiger partial charge in [0.1, 0.15) is 0 Å². The summed E-state index contributed by atoms with van der Waals surface area (Å²) in [7, 11) is 0. The lowest BCUT2D eigenvalue weighted by molar-refractivity contribution is 0.432. The van der Waals surface area contributed by atoms with Gasteiger partial charge in [0.2, 0.25) is 5.82 Å². The molecule has 4 nitrogen and oxygen atoms in total. The maximum atomic E-state index is 6.21. The second kappa shape index (κ2) is 5.26. The Bertz CT molecular complexity index is 773. The fourth-order valence-corrected chi connectivity index (χ4v) is 2.38. The molecule has 3 rings (SSSR count). The van der Waals surface area contributed by atoms with Crippen molar-refractivity contribution in [1.82, 2.24) is 10.1 Å². The van der Waals surface area contributed by atoms with Crippen LogP contribution in [0.2, 0.25) is 5.02 Å². The van der Waals surface area contributed by atoms with E-state index >= 15 is 0 Å². The van der Waals surface area contributed by atoms with Crippen molar-refractivity contribution < 1.29 is 4.52 Å². The van der Waals surface area contributed by atoms with Crippen molar-refractivity contribution in [1.29, 1.82) is 0 Å². The number of nitrogen functional groups attached to an aromatic ring is 1. The lowest BCUT2D eigenvalue weighted by Crippen LogP contribution is -1.90. The van der Waals surface area contributed by atoms with Crippen LogP contribution in [0, 0.1) is 0 Å². The van der Waals surface area contributed by atoms with Crippen LogP contribution in [0.3, 0.4) is 0 Å². The minimum atomic E-state index is 0.356. The van der Waals surface area contributed by atoms with E-state index in [9.17, 15) is 0 Å². The zero-order chi connectivity index (χ0) is 14.1. The smallest absolute Gasteiger partial charge is 0.259 e. The molecule has 2 N–H and O–H groups in total. The van der Waals surface area contributed by atoms with Crippen LogP contribution in [0.5, 0.6) is 0 Å². The summed E-state index contributed by atoms with van der Waals surface area (Å²) in [5.41, 5.74) is 7.90. The molecule has 1 aromatic heterocycles. The molecule has 0 atom stereocenters. The van der Waals surface area contributed by atoms with Gasteiger partial charge in [-0.25, -0.2) is 0 Å². The molecule has 0 fully saturated rings. The van der Waals surface area contributed by atoms with Crippen LogP contribution in [0.15, 0.2) is 51.5 Å². The normalized spacial score (nSPS) is 10.7. The number of benzene rings is 2. The third-order valence-electron chi connectivity index (χ3n) is 2.81. The highest BCUT2D eigenvalue weighted by Gasteiger charge is 2.15. The summed E-state index contributed by atoms with van der Waals surface area (Å²) < 4.78 is 6.05. The molecule has 0 unspecified atom stereocenters. The summed E-state index contributed by atoms with van der Waals surface area (Å²) in [6.07, 6.45) is 0. The molecule has 0 aliphatic rings. The molecule has 2 aromatic carbocycles. The number of nitrogens with zero attached hydrogens (tertiary/aromatic N) is 2. The first-order chi connectivity index (χ1) is 9.66. The van der Waals surface area contributed by atoms with Crippen molar-refractivity contribution in [2.45, 2.75) is 0 Å². The highest BCUT2D eigenvalue weighted by molar-refractivity contribution is 9.10. The molecule has 0 amide bonds. The molecule has 3 aromatic rings. The van der Waals surface area contributed by atoms with Gasteiger partial charge in [-0.05, 0) is 40.2 Å². The zero-order valence-corrected chi connectivity index (χ0v) is 12.5. The number of hydrogen-bond donors (Lipinski definition) is 1. The molecule has 0 radical (unpaired) electrons. The largest absolute Gasteiger partial charge is 0.398 e. The van der Waals surface area contributed by atoms with E-state index in [2.05, 4.69) is 26.1 Å². The summed E-state index contributed by atoms with van der Waals surface area (Å²) in [6.45, 7) is 0. The van der Waals surface area contributed by atoms with Crippen molar-refractivity contribution in [3.63, 3.8) is 0 Å². The van der Waals surface area contributed by atoms with E-state index in [0.717, 1.165) is 10.0 Å². The van der Waals surface area contributed by atoms with Gasteiger partial charge in [0.25, 0.3) is 5.89 Å². The van der Waals surface area contributed by atoms with Crippen LogP contribution in [-0.4, -0.2) is 10.1 Å².